The number of methoxy groups -OCH3 is 1. The van der Waals surface area contributed by atoms with Gasteiger partial charge < -0.3 is 9.64 Å². The maximum atomic E-state index is 12.6. The second-order valence-electron chi connectivity index (χ2n) is 6.78. The Labute approximate surface area is 164 Å². The molecule has 1 aliphatic rings. The van der Waals surface area contributed by atoms with Gasteiger partial charge in [-0.05, 0) is 30.9 Å². The number of aromatic nitrogens is 3. The van der Waals surface area contributed by atoms with Crippen LogP contribution in [-0.4, -0.2) is 51.5 Å². The largest absolute Gasteiger partial charge is 0.496 e. The zero-order valence-electron chi connectivity index (χ0n) is 15.9. The first kappa shape index (κ1) is 19.5. The third-order valence-electron chi connectivity index (χ3n) is 4.71. The highest BCUT2D eigenvalue weighted by Gasteiger charge is 2.22. The third kappa shape index (κ3) is 4.53. The second kappa shape index (κ2) is 9.08. The molecule has 1 fully saturated rings. The van der Waals surface area contributed by atoms with Crippen molar-refractivity contribution in [1.82, 2.24) is 19.7 Å². The molecule has 2 aromatic rings. The van der Waals surface area contributed by atoms with E-state index in [4.69, 9.17) is 4.74 Å². The number of likely N-dealkylation sites (tertiary alicyclic amines) is 1. The fourth-order valence-corrected chi connectivity index (χ4v) is 4.20. The Kier molecular flexibility index (Phi) is 6.55. The standard InChI is InChI=1S/C20H26N4O2S/c1-4-11-24-19(16-9-5-6-10-17(16)26-3)21-22-20(24)27-14-18(25)23-12-7-8-15(2)13-23/h4-6,9-10,15H,1,7-8,11-14H2,2-3H3. The lowest BCUT2D eigenvalue weighted by molar-refractivity contribution is -0.130. The van der Waals surface area contributed by atoms with Gasteiger partial charge in [-0.1, -0.05) is 36.9 Å². The number of nitrogens with zero attached hydrogens (tertiary/aromatic N) is 4. The molecule has 1 aromatic heterocycles. The molecule has 0 bridgehead atoms. The minimum atomic E-state index is 0.165. The van der Waals surface area contributed by atoms with Crippen molar-refractivity contribution in [2.24, 2.45) is 5.92 Å². The van der Waals surface area contributed by atoms with Crippen LogP contribution in [0.1, 0.15) is 19.8 Å². The molecule has 2 heterocycles. The number of ether oxygens (including phenoxy) is 1. The summed E-state index contributed by atoms with van der Waals surface area (Å²) in [6.45, 7) is 8.32. The molecule has 1 aromatic carbocycles. The quantitative estimate of drug-likeness (QED) is 0.538. The lowest BCUT2D eigenvalue weighted by Crippen LogP contribution is -2.40. The summed E-state index contributed by atoms with van der Waals surface area (Å²) in [7, 11) is 1.64. The smallest absolute Gasteiger partial charge is 0.233 e. The van der Waals surface area contributed by atoms with Gasteiger partial charge >= 0.3 is 0 Å². The summed E-state index contributed by atoms with van der Waals surface area (Å²) < 4.78 is 7.43. The Morgan fingerprint density at radius 1 is 1.41 bits per heavy atom. The van der Waals surface area contributed by atoms with Crippen molar-refractivity contribution in [3.8, 4) is 17.1 Å². The molecule has 27 heavy (non-hydrogen) atoms. The van der Waals surface area contributed by atoms with Gasteiger partial charge in [-0.3, -0.25) is 9.36 Å². The zero-order chi connectivity index (χ0) is 19.2. The van der Waals surface area contributed by atoms with Gasteiger partial charge in [0.25, 0.3) is 0 Å². The molecule has 144 valence electrons. The molecular formula is C20H26N4O2S. The van der Waals surface area contributed by atoms with Gasteiger partial charge in [-0.15, -0.1) is 16.8 Å². The SMILES string of the molecule is C=CCn1c(SCC(=O)N2CCCC(C)C2)nnc1-c1ccccc1OC. The first-order valence-corrected chi connectivity index (χ1v) is 10.2. The van der Waals surface area contributed by atoms with E-state index < -0.39 is 0 Å². The van der Waals surface area contributed by atoms with Crippen LogP contribution in [-0.2, 0) is 11.3 Å². The first-order chi connectivity index (χ1) is 13.1. The molecule has 0 spiro atoms. The van der Waals surface area contributed by atoms with Crippen molar-refractivity contribution in [3.63, 3.8) is 0 Å². The molecule has 0 saturated carbocycles. The highest BCUT2D eigenvalue weighted by atomic mass is 32.2. The van der Waals surface area contributed by atoms with Crippen LogP contribution in [0, 0.1) is 5.92 Å². The number of carbonyl (C=O) groups excluding carboxylic acids is 1. The van der Waals surface area contributed by atoms with Crippen molar-refractivity contribution < 1.29 is 9.53 Å². The van der Waals surface area contributed by atoms with Crippen molar-refractivity contribution in [2.45, 2.75) is 31.5 Å². The first-order valence-electron chi connectivity index (χ1n) is 9.22. The predicted octanol–water partition coefficient (Wildman–Crippen LogP) is 3.49. The second-order valence-corrected chi connectivity index (χ2v) is 7.72. The number of hydrogen-bond donors (Lipinski definition) is 0. The van der Waals surface area contributed by atoms with Gasteiger partial charge in [0.05, 0.1) is 18.4 Å². The van der Waals surface area contributed by atoms with E-state index in [1.807, 2.05) is 33.7 Å². The van der Waals surface area contributed by atoms with Crippen LogP contribution < -0.4 is 4.74 Å². The average Bonchev–Trinajstić information content (AvgIpc) is 3.08. The van der Waals surface area contributed by atoms with Crippen LogP contribution in [0.2, 0.25) is 0 Å². The van der Waals surface area contributed by atoms with E-state index >= 15 is 0 Å². The summed E-state index contributed by atoms with van der Waals surface area (Å²) in [5, 5.41) is 9.39. The van der Waals surface area contributed by atoms with Gasteiger partial charge in [0, 0.05) is 19.6 Å². The van der Waals surface area contributed by atoms with Crippen molar-refractivity contribution in [2.75, 3.05) is 26.0 Å². The molecule has 7 heteroatoms. The van der Waals surface area contributed by atoms with E-state index in [9.17, 15) is 4.79 Å². The number of allylic oxidation sites excluding steroid dienone is 1. The van der Waals surface area contributed by atoms with Crippen LogP contribution in [0.5, 0.6) is 5.75 Å². The van der Waals surface area contributed by atoms with Crippen LogP contribution in [0.15, 0.2) is 42.1 Å². The summed E-state index contributed by atoms with van der Waals surface area (Å²) in [5.74, 6) is 2.57. The lowest BCUT2D eigenvalue weighted by Gasteiger charge is -2.30. The maximum absolute atomic E-state index is 12.6. The molecule has 6 nitrogen and oxygen atoms in total. The molecule has 1 amide bonds. The molecule has 1 saturated heterocycles. The fourth-order valence-electron chi connectivity index (χ4n) is 3.35. The summed E-state index contributed by atoms with van der Waals surface area (Å²) in [4.78, 5) is 14.5. The average molecular weight is 387 g/mol. The Hall–Kier alpha value is -2.28. The number of benzene rings is 1. The van der Waals surface area contributed by atoms with E-state index in [1.54, 1.807) is 13.2 Å². The fraction of sp³-hybridized carbons (Fsp3) is 0.450. The molecule has 1 aliphatic heterocycles. The predicted molar refractivity (Wildman–Crippen MR) is 108 cm³/mol. The Morgan fingerprint density at radius 2 is 2.22 bits per heavy atom. The van der Waals surface area contributed by atoms with Gasteiger partial charge in [0.1, 0.15) is 5.75 Å². The maximum Gasteiger partial charge on any atom is 0.233 e. The molecule has 3 rings (SSSR count). The summed E-state index contributed by atoms with van der Waals surface area (Å²) in [6.07, 6.45) is 4.09. The van der Waals surface area contributed by atoms with Crippen LogP contribution in [0.4, 0.5) is 0 Å². The number of carbonyl (C=O) groups is 1. The highest BCUT2D eigenvalue weighted by molar-refractivity contribution is 7.99. The minimum absolute atomic E-state index is 0.165. The molecule has 0 aliphatic carbocycles. The molecule has 1 unspecified atom stereocenters. The summed E-state index contributed by atoms with van der Waals surface area (Å²) >= 11 is 1.43. The monoisotopic (exact) mass is 386 g/mol. The van der Waals surface area contributed by atoms with Crippen molar-refractivity contribution in [3.05, 3.63) is 36.9 Å². The normalized spacial score (nSPS) is 17.0. The third-order valence-corrected chi connectivity index (χ3v) is 5.66. The topological polar surface area (TPSA) is 60.2 Å². The van der Waals surface area contributed by atoms with E-state index in [1.165, 1.54) is 18.2 Å². The Balaban J connectivity index is 1.77. The summed E-state index contributed by atoms with van der Waals surface area (Å²) in [5.41, 5.74) is 0.873. The molecule has 0 radical (unpaired) electrons. The van der Waals surface area contributed by atoms with E-state index in [2.05, 4.69) is 23.7 Å². The van der Waals surface area contributed by atoms with Gasteiger partial charge in [-0.2, -0.15) is 0 Å². The van der Waals surface area contributed by atoms with Crippen LogP contribution >= 0.6 is 11.8 Å². The Morgan fingerprint density at radius 3 is 2.96 bits per heavy atom. The van der Waals surface area contributed by atoms with Crippen molar-refractivity contribution >= 4 is 17.7 Å². The van der Waals surface area contributed by atoms with E-state index in [0.29, 0.717) is 29.2 Å². The molecule has 0 N–H and O–H groups in total. The number of amides is 1. The van der Waals surface area contributed by atoms with Gasteiger partial charge in [-0.25, -0.2) is 0 Å². The Bertz CT molecular complexity index is 805. The molecular weight excluding hydrogens is 360 g/mol. The number of rotatable bonds is 7. The summed E-state index contributed by atoms with van der Waals surface area (Å²) in [6, 6.07) is 7.72. The minimum Gasteiger partial charge on any atom is -0.496 e. The van der Waals surface area contributed by atoms with Gasteiger partial charge in [0.15, 0.2) is 11.0 Å². The zero-order valence-corrected chi connectivity index (χ0v) is 16.7. The van der Waals surface area contributed by atoms with Gasteiger partial charge in [0.2, 0.25) is 5.91 Å². The number of para-hydroxylation sites is 1. The van der Waals surface area contributed by atoms with E-state index in [0.717, 1.165) is 30.8 Å². The number of thioether (sulfide) groups is 1. The molecule has 1 atom stereocenters. The van der Waals surface area contributed by atoms with Crippen molar-refractivity contribution in [1.29, 1.82) is 0 Å². The lowest BCUT2D eigenvalue weighted by atomic mass is 10.0. The van der Waals surface area contributed by atoms with Crippen LogP contribution in [0.25, 0.3) is 11.4 Å². The van der Waals surface area contributed by atoms with E-state index in [-0.39, 0.29) is 5.91 Å². The van der Waals surface area contributed by atoms with Crippen LogP contribution in [0.3, 0.4) is 0 Å². The highest BCUT2D eigenvalue weighted by Crippen LogP contribution is 2.31. The number of hydrogen-bond acceptors (Lipinski definition) is 5. The number of piperidine rings is 1.